The van der Waals surface area contributed by atoms with Crippen molar-refractivity contribution >= 4 is 33.4 Å². The first-order valence-corrected chi connectivity index (χ1v) is 7.12. The second kappa shape index (κ2) is 9.31. The number of ether oxygens (including phenoxy) is 2. The van der Waals surface area contributed by atoms with Crippen LogP contribution in [0.2, 0.25) is 5.02 Å². The molecule has 0 fully saturated rings. The van der Waals surface area contributed by atoms with Gasteiger partial charge in [-0.15, -0.1) is 0 Å². The van der Waals surface area contributed by atoms with Crippen LogP contribution in [0.3, 0.4) is 0 Å². The summed E-state index contributed by atoms with van der Waals surface area (Å²) in [6, 6.07) is 5.12. The lowest BCUT2D eigenvalue weighted by molar-refractivity contribution is 0.0688. The van der Waals surface area contributed by atoms with Crippen molar-refractivity contribution < 1.29 is 14.3 Å². The van der Waals surface area contributed by atoms with Gasteiger partial charge >= 0.3 is 0 Å². The van der Waals surface area contributed by atoms with Gasteiger partial charge in [0.2, 0.25) is 0 Å². The average Bonchev–Trinajstić information content (AvgIpc) is 2.40. The number of amides is 1. The molecule has 0 aliphatic carbocycles. The molecule has 1 amide bonds. The maximum Gasteiger partial charge on any atom is 0.252 e. The number of rotatable bonds is 8. The first-order chi connectivity index (χ1) is 9.15. The molecule has 6 heteroatoms. The summed E-state index contributed by atoms with van der Waals surface area (Å²) in [5, 5.41) is 3.36. The smallest absolute Gasteiger partial charge is 0.252 e. The minimum absolute atomic E-state index is 0.147. The van der Waals surface area contributed by atoms with Crippen LogP contribution in [0.4, 0.5) is 0 Å². The van der Waals surface area contributed by atoms with E-state index >= 15 is 0 Å². The summed E-state index contributed by atoms with van der Waals surface area (Å²) >= 11 is 9.18. The Bertz CT molecular complexity index is 415. The van der Waals surface area contributed by atoms with Gasteiger partial charge in [-0.25, -0.2) is 0 Å². The second-order valence-electron chi connectivity index (χ2n) is 3.84. The van der Waals surface area contributed by atoms with Gasteiger partial charge in [-0.1, -0.05) is 11.6 Å². The zero-order valence-corrected chi connectivity index (χ0v) is 13.1. The molecule has 1 rings (SSSR count). The van der Waals surface area contributed by atoms with E-state index in [1.807, 2.05) is 0 Å². The zero-order valence-electron chi connectivity index (χ0n) is 10.7. The lowest BCUT2D eigenvalue weighted by Crippen LogP contribution is -2.25. The van der Waals surface area contributed by atoms with E-state index in [1.165, 1.54) is 0 Å². The fraction of sp³-hybridized carbons (Fsp3) is 0.462. The number of nitrogens with one attached hydrogen (secondary N) is 1. The first kappa shape index (κ1) is 16.4. The van der Waals surface area contributed by atoms with Crippen LogP contribution in [0, 0.1) is 0 Å². The molecular weight excluding hydrogens is 334 g/mol. The van der Waals surface area contributed by atoms with Crippen LogP contribution in [-0.4, -0.2) is 39.4 Å². The van der Waals surface area contributed by atoms with Gasteiger partial charge in [0.05, 0.1) is 18.8 Å². The Labute approximate surface area is 126 Å². The van der Waals surface area contributed by atoms with Crippen LogP contribution in [0.5, 0.6) is 0 Å². The van der Waals surface area contributed by atoms with Crippen molar-refractivity contribution in [1.29, 1.82) is 0 Å². The molecule has 106 valence electrons. The summed E-state index contributed by atoms with van der Waals surface area (Å²) in [5.74, 6) is -0.147. The zero-order chi connectivity index (χ0) is 14.1. The first-order valence-electron chi connectivity index (χ1n) is 5.95. The summed E-state index contributed by atoms with van der Waals surface area (Å²) in [5.41, 5.74) is 0.535. The highest BCUT2D eigenvalue weighted by atomic mass is 79.9. The van der Waals surface area contributed by atoms with Gasteiger partial charge in [-0.3, -0.25) is 4.79 Å². The number of carbonyl (C=O) groups is 1. The fourth-order valence-electron chi connectivity index (χ4n) is 1.39. The monoisotopic (exact) mass is 349 g/mol. The van der Waals surface area contributed by atoms with Crippen LogP contribution in [0.1, 0.15) is 16.8 Å². The Hall–Kier alpha value is -0.620. The van der Waals surface area contributed by atoms with Gasteiger partial charge in [0, 0.05) is 29.8 Å². The van der Waals surface area contributed by atoms with E-state index in [0.29, 0.717) is 37.0 Å². The quantitative estimate of drug-likeness (QED) is 0.733. The highest BCUT2D eigenvalue weighted by Gasteiger charge is 2.09. The maximum absolute atomic E-state index is 11.9. The van der Waals surface area contributed by atoms with Gasteiger partial charge in [-0.2, -0.15) is 0 Å². The Morgan fingerprint density at radius 3 is 2.89 bits per heavy atom. The highest BCUT2D eigenvalue weighted by Crippen LogP contribution is 2.20. The van der Waals surface area contributed by atoms with Crippen LogP contribution < -0.4 is 5.32 Å². The molecule has 0 aliphatic heterocycles. The molecule has 0 aromatic heterocycles. The molecule has 0 radical (unpaired) electrons. The third-order valence-corrected chi connectivity index (χ3v) is 3.28. The highest BCUT2D eigenvalue weighted by molar-refractivity contribution is 9.10. The molecule has 0 bridgehead atoms. The van der Waals surface area contributed by atoms with Crippen LogP contribution in [0.15, 0.2) is 22.7 Å². The fourth-order valence-corrected chi connectivity index (χ4v) is 1.99. The molecule has 0 saturated heterocycles. The molecule has 19 heavy (non-hydrogen) atoms. The Kier molecular flexibility index (Phi) is 8.05. The van der Waals surface area contributed by atoms with E-state index in [-0.39, 0.29) is 5.91 Å². The summed E-state index contributed by atoms with van der Waals surface area (Å²) in [4.78, 5) is 11.9. The van der Waals surface area contributed by atoms with Crippen molar-refractivity contribution in [3.8, 4) is 0 Å². The minimum atomic E-state index is -0.147. The number of methoxy groups -OCH3 is 1. The largest absolute Gasteiger partial charge is 0.382 e. The van der Waals surface area contributed by atoms with Crippen molar-refractivity contribution in [3.05, 3.63) is 33.3 Å². The number of halogens is 2. The lowest BCUT2D eigenvalue weighted by atomic mass is 10.2. The third-order valence-electron chi connectivity index (χ3n) is 2.36. The molecule has 0 saturated carbocycles. The molecule has 0 aliphatic rings. The lowest BCUT2D eigenvalue weighted by Gasteiger charge is -2.07. The van der Waals surface area contributed by atoms with Gasteiger partial charge < -0.3 is 14.8 Å². The Balaban J connectivity index is 2.26. The number of hydrogen-bond acceptors (Lipinski definition) is 3. The molecule has 0 atom stereocenters. The maximum atomic E-state index is 11.9. The number of hydrogen-bond donors (Lipinski definition) is 1. The molecular formula is C13H17BrClNO3. The van der Waals surface area contributed by atoms with E-state index in [2.05, 4.69) is 21.2 Å². The van der Waals surface area contributed by atoms with E-state index in [0.717, 1.165) is 10.9 Å². The second-order valence-corrected chi connectivity index (χ2v) is 5.13. The molecule has 1 aromatic carbocycles. The number of benzene rings is 1. The predicted octanol–water partition coefficient (Wildman–Crippen LogP) is 2.89. The normalized spacial score (nSPS) is 10.5. The van der Waals surface area contributed by atoms with Crippen molar-refractivity contribution in [1.82, 2.24) is 5.32 Å². The molecule has 0 unspecified atom stereocenters. The Morgan fingerprint density at radius 1 is 1.37 bits per heavy atom. The van der Waals surface area contributed by atoms with Crippen LogP contribution in [-0.2, 0) is 9.47 Å². The van der Waals surface area contributed by atoms with Gasteiger partial charge in [0.1, 0.15) is 0 Å². The topological polar surface area (TPSA) is 47.6 Å². The van der Waals surface area contributed by atoms with Gasteiger partial charge in [0.25, 0.3) is 5.91 Å². The summed E-state index contributed by atoms with van der Waals surface area (Å²) in [6.45, 7) is 2.32. The van der Waals surface area contributed by atoms with Crippen molar-refractivity contribution in [3.63, 3.8) is 0 Å². The standard InChI is InChI=1S/C13H17BrClNO3/c1-18-7-8-19-6-2-5-16-13(17)11-9-10(15)3-4-12(11)14/h3-4,9H,2,5-8H2,1H3,(H,16,17). The molecule has 1 aromatic rings. The molecule has 1 N–H and O–H groups in total. The van der Waals surface area contributed by atoms with E-state index < -0.39 is 0 Å². The van der Waals surface area contributed by atoms with Crippen molar-refractivity contribution in [2.45, 2.75) is 6.42 Å². The summed E-state index contributed by atoms with van der Waals surface area (Å²) in [7, 11) is 1.63. The summed E-state index contributed by atoms with van der Waals surface area (Å²) < 4.78 is 10.9. The van der Waals surface area contributed by atoms with Gasteiger partial charge in [0.15, 0.2) is 0 Å². The van der Waals surface area contributed by atoms with Crippen molar-refractivity contribution in [2.24, 2.45) is 0 Å². The van der Waals surface area contributed by atoms with E-state index in [1.54, 1.807) is 25.3 Å². The Morgan fingerprint density at radius 2 is 2.16 bits per heavy atom. The van der Waals surface area contributed by atoms with E-state index in [9.17, 15) is 4.79 Å². The third kappa shape index (κ3) is 6.38. The van der Waals surface area contributed by atoms with Crippen LogP contribution >= 0.6 is 27.5 Å². The van der Waals surface area contributed by atoms with Crippen LogP contribution in [0.25, 0.3) is 0 Å². The average molecular weight is 351 g/mol. The van der Waals surface area contributed by atoms with E-state index in [4.69, 9.17) is 21.1 Å². The molecule has 4 nitrogen and oxygen atoms in total. The van der Waals surface area contributed by atoms with Crippen molar-refractivity contribution in [2.75, 3.05) is 33.5 Å². The minimum Gasteiger partial charge on any atom is -0.382 e. The number of carbonyl (C=O) groups excluding carboxylic acids is 1. The molecule has 0 heterocycles. The predicted molar refractivity (Wildman–Crippen MR) is 78.8 cm³/mol. The SMILES string of the molecule is COCCOCCCNC(=O)c1cc(Cl)ccc1Br. The summed E-state index contributed by atoms with van der Waals surface area (Å²) in [6.07, 6.45) is 0.758. The molecule has 0 spiro atoms. The van der Waals surface area contributed by atoms with Gasteiger partial charge in [-0.05, 0) is 40.5 Å².